The van der Waals surface area contributed by atoms with Crippen molar-refractivity contribution >= 4 is 21.4 Å². The molecule has 0 saturated carbocycles. The van der Waals surface area contributed by atoms with Gasteiger partial charge in [-0.3, -0.25) is 0 Å². The van der Waals surface area contributed by atoms with E-state index in [4.69, 9.17) is 4.74 Å². The number of nitrogens with one attached hydrogen (secondary N) is 1. The number of aryl methyl sites for hydroxylation is 2. The summed E-state index contributed by atoms with van der Waals surface area (Å²) in [6, 6.07) is 13.0. The Hall–Kier alpha value is -2.22. The summed E-state index contributed by atoms with van der Waals surface area (Å²) in [6.45, 7) is 3.81. The van der Waals surface area contributed by atoms with Crippen molar-refractivity contribution in [3.05, 3.63) is 64.7 Å². The van der Waals surface area contributed by atoms with Crippen LogP contribution in [-0.2, 0) is 16.6 Å². The molecule has 3 rings (SSSR count). The minimum atomic E-state index is -3.62. The lowest BCUT2D eigenvalue weighted by atomic mass is 10.1. The largest absolute Gasteiger partial charge is 0.496 e. The first-order valence-corrected chi connectivity index (χ1v) is 10.4. The molecule has 0 unspecified atom stereocenters. The van der Waals surface area contributed by atoms with Gasteiger partial charge >= 0.3 is 0 Å². The minimum absolute atomic E-state index is 0.149. The quantitative estimate of drug-likeness (QED) is 0.695. The van der Waals surface area contributed by atoms with Gasteiger partial charge in [0.1, 0.15) is 10.8 Å². The Balaban J connectivity index is 1.76. The molecule has 1 aromatic heterocycles. The molecule has 0 atom stereocenters. The first-order valence-electron chi connectivity index (χ1n) is 8.05. The predicted molar refractivity (Wildman–Crippen MR) is 104 cm³/mol. The van der Waals surface area contributed by atoms with Gasteiger partial charge in [0.2, 0.25) is 10.0 Å². The molecular weight excluding hydrogens is 368 g/mol. The van der Waals surface area contributed by atoms with Crippen molar-refractivity contribution in [2.75, 3.05) is 7.11 Å². The van der Waals surface area contributed by atoms with Crippen molar-refractivity contribution in [2.45, 2.75) is 25.3 Å². The topological polar surface area (TPSA) is 68.3 Å². The van der Waals surface area contributed by atoms with Crippen molar-refractivity contribution in [1.82, 2.24) is 9.71 Å². The number of hydrogen-bond acceptors (Lipinski definition) is 5. The Morgan fingerprint density at radius 1 is 1.12 bits per heavy atom. The fraction of sp³-hybridized carbons (Fsp3) is 0.211. The van der Waals surface area contributed by atoms with E-state index in [-0.39, 0.29) is 11.4 Å². The summed E-state index contributed by atoms with van der Waals surface area (Å²) in [5, 5.41) is 2.74. The van der Waals surface area contributed by atoms with Gasteiger partial charge in [0.05, 0.1) is 24.2 Å². The molecule has 0 aliphatic rings. The van der Waals surface area contributed by atoms with Crippen LogP contribution in [0.1, 0.15) is 16.8 Å². The summed E-state index contributed by atoms with van der Waals surface area (Å²) < 4.78 is 33.1. The minimum Gasteiger partial charge on any atom is -0.496 e. The molecule has 1 heterocycles. The third kappa shape index (κ3) is 3.95. The summed E-state index contributed by atoms with van der Waals surface area (Å²) in [6.07, 6.45) is 0. The van der Waals surface area contributed by atoms with Crippen molar-refractivity contribution < 1.29 is 13.2 Å². The predicted octanol–water partition coefficient (Wildman–Crippen LogP) is 3.91. The highest BCUT2D eigenvalue weighted by molar-refractivity contribution is 7.89. The van der Waals surface area contributed by atoms with Crippen LogP contribution in [0, 0.1) is 13.8 Å². The zero-order valence-electron chi connectivity index (χ0n) is 14.8. The zero-order valence-corrected chi connectivity index (χ0v) is 16.4. The molecule has 7 heteroatoms. The van der Waals surface area contributed by atoms with E-state index < -0.39 is 10.0 Å². The average Bonchev–Trinajstić information content (AvgIpc) is 3.10. The van der Waals surface area contributed by atoms with E-state index in [0.29, 0.717) is 11.4 Å². The van der Waals surface area contributed by atoms with Crippen LogP contribution in [0.15, 0.2) is 52.7 Å². The Morgan fingerprint density at radius 3 is 2.38 bits per heavy atom. The van der Waals surface area contributed by atoms with Crippen LogP contribution in [0.5, 0.6) is 5.75 Å². The first-order chi connectivity index (χ1) is 12.4. The number of thiazole rings is 1. The van der Waals surface area contributed by atoms with E-state index in [9.17, 15) is 8.42 Å². The highest BCUT2D eigenvalue weighted by Gasteiger charge is 2.18. The molecule has 0 fully saturated rings. The normalized spacial score (nSPS) is 11.5. The molecule has 3 aromatic rings. The van der Waals surface area contributed by atoms with Gasteiger partial charge in [-0.1, -0.05) is 30.3 Å². The van der Waals surface area contributed by atoms with Gasteiger partial charge in [0.15, 0.2) is 0 Å². The number of sulfonamides is 1. The fourth-order valence-corrected chi connectivity index (χ4v) is 4.74. The van der Waals surface area contributed by atoms with Crippen molar-refractivity contribution in [3.8, 4) is 16.3 Å². The standard InChI is InChI=1S/C19H20N2O3S2/c1-13-9-17(10-14(2)18(13)24-3)26(22,23)20-11-16-12-25-19(21-16)15-7-5-4-6-8-15/h4-10,12,20H,11H2,1-3H3. The number of rotatable bonds is 6. The smallest absolute Gasteiger partial charge is 0.240 e. The van der Waals surface area contributed by atoms with E-state index in [1.807, 2.05) is 49.6 Å². The molecule has 1 N–H and O–H groups in total. The molecule has 0 aliphatic carbocycles. The van der Waals surface area contributed by atoms with E-state index in [1.165, 1.54) is 11.3 Å². The molecule has 0 spiro atoms. The highest BCUT2D eigenvalue weighted by Crippen LogP contribution is 2.27. The molecule has 2 aromatic carbocycles. The summed E-state index contributed by atoms with van der Waals surface area (Å²) in [5.74, 6) is 0.705. The summed E-state index contributed by atoms with van der Waals surface area (Å²) in [4.78, 5) is 4.74. The number of aromatic nitrogens is 1. The zero-order chi connectivity index (χ0) is 18.7. The van der Waals surface area contributed by atoms with Gasteiger partial charge in [-0.2, -0.15) is 0 Å². The fourth-order valence-electron chi connectivity index (χ4n) is 2.74. The van der Waals surface area contributed by atoms with Crippen LogP contribution in [-0.4, -0.2) is 20.5 Å². The van der Waals surface area contributed by atoms with Gasteiger partial charge in [0, 0.05) is 10.9 Å². The molecule has 0 amide bonds. The Labute approximate surface area is 157 Å². The van der Waals surface area contributed by atoms with E-state index in [2.05, 4.69) is 9.71 Å². The summed E-state index contributed by atoms with van der Waals surface area (Å²) >= 11 is 1.50. The van der Waals surface area contributed by atoms with Gasteiger partial charge in [-0.25, -0.2) is 18.1 Å². The van der Waals surface area contributed by atoms with Crippen LogP contribution >= 0.6 is 11.3 Å². The molecule has 26 heavy (non-hydrogen) atoms. The second-order valence-electron chi connectivity index (χ2n) is 5.92. The van der Waals surface area contributed by atoms with Crippen LogP contribution in [0.25, 0.3) is 10.6 Å². The molecule has 0 radical (unpaired) electrons. The van der Waals surface area contributed by atoms with E-state index in [0.717, 1.165) is 21.7 Å². The van der Waals surface area contributed by atoms with Crippen LogP contribution < -0.4 is 9.46 Å². The van der Waals surface area contributed by atoms with Crippen molar-refractivity contribution in [2.24, 2.45) is 0 Å². The number of hydrogen-bond donors (Lipinski definition) is 1. The molecule has 0 saturated heterocycles. The molecule has 0 bridgehead atoms. The lowest BCUT2D eigenvalue weighted by Gasteiger charge is -2.12. The van der Waals surface area contributed by atoms with Gasteiger partial charge in [-0.05, 0) is 37.1 Å². The van der Waals surface area contributed by atoms with Gasteiger partial charge in [-0.15, -0.1) is 11.3 Å². The van der Waals surface area contributed by atoms with Crippen LogP contribution in [0.3, 0.4) is 0 Å². The molecular formula is C19H20N2O3S2. The van der Waals surface area contributed by atoms with Crippen LogP contribution in [0.2, 0.25) is 0 Å². The van der Waals surface area contributed by atoms with E-state index in [1.54, 1.807) is 19.2 Å². The lowest BCUT2D eigenvalue weighted by molar-refractivity contribution is 0.408. The monoisotopic (exact) mass is 388 g/mol. The number of methoxy groups -OCH3 is 1. The average molecular weight is 389 g/mol. The van der Waals surface area contributed by atoms with Crippen molar-refractivity contribution in [1.29, 1.82) is 0 Å². The van der Waals surface area contributed by atoms with E-state index >= 15 is 0 Å². The Kier molecular flexibility index (Phi) is 5.41. The molecule has 136 valence electrons. The second kappa shape index (κ2) is 7.57. The van der Waals surface area contributed by atoms with Gasteiger partial charge in [0.25, 0.3) is 0 Å². The third-order valence-electron chi connectivity index (χ3n) is 3.96. The number of nitrogens with zero attached hydrogens (tertiary/aromatic N) is 1. The Morgan fingerprint density at radius 2 is 1.77 bits per heavy atom. The third-order valence-corrected chi connectivity index (χ3v) is 6.28. The summed E-state index contributed by atoms with van der Waals surface area (Å²) in [7, 11) is -2.05. The lowest BCUT2D eigenvalue weighted by Crippen LogP contribution is -2.23. The number of ether oxygens (including phenoxy) is 1. The highest BCUT2D eigenvalue weighted by atomic mass is 32.2. The second-order valence-corrected chi connectivity index (χ2v) is 8.55. The molecule has 5 nitrogen and oxygen atoms in total. The van der Waals surface area contributed by atoms with Crippen molar-refractivity contribution in [3.63, 3.8) is 0 Å². The maximum absolute atomic E-state index is 12.6. The maximum atomic E-state index is 12.6. The Bertz CT molecular complexity index is 989. The van der Waals surface area contributed by atoms with Gasteiger partial charge < -0.3 is 4.74 Å². The van der Waals surface area contributed by atoms with Crippen LogP contribution in [0.4, 0.5) is 0 Å². The first kappa shape index (κ1) is 18.6. The maximum Gasteiger partial charge on any atom is 0.240 e. The molecule has 0 aliphatic heterocycles. The number of benzene rings is 2. The SMILES string of the molecule is COc1c(C)cc(S(=O)(=O)NCc2csc(-c3ccccc3)n2)cc1C. The summed E-state index contributed by atoms with van der Waals surface area (Å²) in [5.41, 5.74) is 3.29.